The van der Waals surface area contributed by atoms with E-state index >= 15 is 0 Å². The number of likely N-dealkylation sites (N-methyl/N-ethyl adjacent to an activating group) is 1. The maximum atomic E-state index is 11.1. The molecule has 0 saturated carbocycles. The highest BCUT2D eigenvalue weighted by molar-refractivity contribution is 5.83. The smallest absolute Gasteiger partial charge is 0.320 e. The average molecular weight is 157 g/mol. The van der Waals surface area contributed by atoms with Crippen LogP contribution in [0.2, 0.25) is 0 Å². The Morgan fingerprint density at radius 3 is 2.64 bits per heavy atom. The fourth-order valence-electron chi connectivity index (χ4n) is 1.04. The topological polar surface area (TPSA) is 66.6 Å². The van der Waals surface area contributed by atoms with Gasteiger partial charge >= 0.3 is 6.03 Å². The van der Waals surface area contributed by atoms with Gasteiger partial charge in [-0.2, -0.15) is 0 Å². The van der Waals surface area contributed by atoms with Gasteiger partial charge in [-0.1, -0.05) is 0 Å². The Kier molecular flexibility index (Phi) is 1.98. The van der Waals surface area contributed by atoms with Crippen LogP contribution in [0.5, 0.6) is 0 Å². The molecule has 0 atom stereocenters. The predicted molar refractivity (Wildman–Crippen MR) is 38.8 cm³/mol. The van der Waals surface area contributed by atoms with Crippen LogP contribution in [0.15, 0.2) is 0 Å². The number of urea groups is 1. The summed E-state index contributed by atoms with van der Waals surface area (Å²) in [5.41, 5.74) is 4.93. The molecule has 0 bridgehead atoms. The fourth-order valence-corrected chi connectivity index (χ4v) is 1.04. The van der Waals surface area contributed by atoms with E-state index in [-0.39, 0.29) is 12.6 Å². The molecule has 11 heavy (non-hydrogen) atoms. The molecule has 2 N–H and O–H groups in total. The van der Waals surface area contributed by atoms with E-state index in [1.165, 1.54) is 4.90 Å². The first kappa shape index (κ1) is 7.84. The van der Waals surface area contributed by atoms with Gasteiger partial charge in [-0.05, 0) is 0 Å². The van der Waals surface area contributed by atoms with Crippen LogP contribution in [0.25, 0.3) is 0 Å². The van der Waals surface area contributed by atoms with Crippen LogP contribution in [0.3, 0.4) is 0 Å². The second-order valence-corrected chi connectivity index (χ2v) is 2.59. The third-order valence-electron chi connectivity index (χ3n) is 1.65. The Morgan fingerprint density at radius 2 is 2.27 bits per heavy atom. The number of carbonyl (C=O) groups excluding carboxylic acids is 2. The van der Waals surface area contributed by atoms with Gasteiger partial charge in [0.2, 0.25) is 5.91 Å². The third-order valence-corrected chi connectivity index (χ3v) is 1.65. The van der Waals surface area contributed by atoms with Gasteiger partial charge in [0.15, 0.2) is 0 Å². The van der Waals surface area contributed by atoms with Crippen molar-refractivity contribution in [2.45, 2.75) is 0 Å². The number of hydrogen-bond acceptors (Lipinski definition) is 2. The average Bonchev–Trinajstić information content (AvgIpc) is 2.18. The lowest BCUT2D eigenvalue weighted by atomic mass is 10.5. The van der Waals surface area contributed by atoms with E-state index in [1.807, 2.05) is 0 Å². The zero-order valence-electron chi connectivity index (χ0n) is 6.41. The molecule has 1 heterocycles. The van der Waals surface area contributed by atoms with Crippen molar-refractivity contribution in [1.82, 2.24) is 9.80 Å². The molecular formula is C6H11N3O2. The minimum Gasteiger partial charge on any atom is -0.368 e. The van der Waals surface area contributed by atoms with E-state index < -0.39 is 5.91 Å². The van der Waals surface area contributed by atoms with Crippen LogP contribution in [0.4, 0.5) is 4.79 Å². The number of primary amides is 1. The molecular weight excluding hydrogens is 146 g/mol. The summed E-state index contributed by atoms with van der Waals surface area (Å²) in [6.45, 7) is 1.30. The first-order valence-corrected chi connectivity index (χ1v) is 3.39. The highest BCUT2D eigenvalue weighted by Gasteiger charge is 2.25. The van der Waals surface area contributed by atoms with Crippen molar-refractivity contribution in [1.29, 1.82) is 0 Å². The zero-order valence-corrected chi connectivity index (χ0v) is 6.41. The molecule has 0 spiro atoms. The van der Waals surface area contributed by atoms with Gasteiger partial charge in [0.1, 0.15) is 6.54 Å². The van der Waals surface area contributed by atoms with Crippen LogP contribution >= 0.6 is 0 Å². The molecule has 0 aliphatic carbocycles. The summed E-state index contributed by atoms with van der Waals surface area (Å²) in [4.78, 5) is 24.5. The number of rotatable bonds is 2. The molecule has 3 amide bonds. The van der Waals surface area contributed by atoms with Crippen LogP contribution < -0.4 is 5.73 Å². The number of carbonyl (C=O) groups is 2. The Morgan fingerprint density at radius 1 is 1.64 bits per heavy atom. The predicted octanol–water partition coefficient (Wildman–Crippen LogP) is -1.16. The normalized spacial score (nSPS) is 17.7. The Labute approximate surface area is 64.7 Å². The molecule has 5 nitrogen and oxygen atoms in total. The largest absolute Gasteiger partial charge is 0.368 e. The van der Waals surface area contributed by atoms with Gasteiger partial charge in [-0.15, -0.1) is 0 Å². The molecule has 1 rings (SSSR count). The summed E-state index contributed by atoms with van der Waals surface area (Å²) >= 11 is 0. The summed E-state index contributed by atoms with van der Waals surface area (Å²) in [6.07, 6.45) is 0. The van der Waals surface area contributed by atoms with Crippen LogP contribution in [0.1, 0.15) is 0 Å². The van der Waals surface area contributed by atoms with Crippen molar-refractivity contribution in [3.8, 4) is 0 Å². The Balaban J connectivity index is 2.49. The SMILES string of the molecule is CN1CCN(CC(N)=O)C1=O. The Hall–Kier alpha value is -1.26. The molecule has 0 radical (unpaired) electrons. The quantitative estimate of drug-likeness (QED) is 0.549. The van der Waals surface area contributed by atoms with Crippen LogP contribution in [0, 0.1) is 0 Å². The number of hydrogen-bond donors (Lipinski definition) is 1. The molecule has 0 aromatic carbocycles. The molecule has 1 saturated heterocycles. The maximum Gasteiger partial charge on any atom is 0.320 e. The van der Waals surface area contributed by atoms with Gasteiger partial charge in [0.05, 0.1) is 0 Å². The maximum absolute atomic E-state index is 11.1. The van der Waals surface area contributed by atoms with Gasteiger partial charge in [-0.3, -0.25) is 4.79 Å². The van der Waals surface area contributed by atoms with Crippen molar-refractivity contribution >= 4 is 11.9 Å². The van der Waals surface area contributed by atoms with Gasteiger partial charge in [0, 0.05) is 20.1 Å². The Bertz CT molecular complexity index is 192. The van der Waals surface area contributed by atoms with E-state index in [1.54, 1.807) is 11.9 Å². The first-order chi connectivity index (χ1) is 5.11. The number of amides is 3. The summed E-state index contributed by atoms with van der Waals surface area (Å²) < 4.78 is 0. The first-order valence-electron chi connectivity index (χ1n) is 3.39. The van der Waals surface area contributed by atoms with Gasteiger partial charge < -0.3 is 15.5 Å². The van der Waals surface area contributed by atoms with E-state index in [2.05, 4.69) is 0 Å². The lowest BCUT2D eigenvalue weighted by Gasteiger charge is -2.12. The highest BCUT2D eigenvalue weighted by Crippen LogP contribution is 2.03. The number of nitrogens with two attached hydrogens (primary N) is 1. The molecule has 62 valence electrons. The van der Waals surface area contributed by atoms with Crippen LogP contribution in [-0.4, -0.2) is 48.4 Å². The highest BCUT2D eigenvalue weighted by atomic mass is 16.2. The standard InChI is InChI=1S/C6H11N3O2/c1-8-2-3-9(6(8)11)4-5(7)10/h2-4H2,1H3,(H2,7,10). The van der Waals surface area contributed by atoms with Gasteiger partial charge in [0.25, 0.3) is 0 Å². The van der Waals surface area contributed by atoms with E-state index in [9.17, 15) is 9.59 Å². The van der Waals surface area contributed by atoms with Crippen molar-refractivity contribution < 1.29 is 9.59 Å². The van der Waals surface area contributed by atoms with E-state index in [4.69, 9.17) is 5.73 Å². The molecule has 5 heteroatoms. The lowest BCUT2D eigenvalue weighted by molar-refractivity contribution is -0.118. The summed E-state index contributed by atoms with van der Waals surface area (Å²) in [5.74, 6) is -0.464. The second kappa shape index (κ2) is 2.77. The summed E-state index contributed by atoms with van der Waals surface area (Å²) in [6, 6.07) is -0.121. The van der Waals surface area contributed by atoms with Crippen molar-refractivity contribution in [3.05, 3.63) is 0 Å². The zero-order chi connectivity index (χ0) is 8.43. The molecule has 1 fully saturated rings. The monoisotopic (exact) mass is 157 g/mol. The lowest BCUT2D eigenvalue weighted by Crippen LogP contribution is -2.36. The summed E-state index contributed by atoms with van der Waals surface area (Å²) in [7, 11) is 1.70. The molecule has 1 aliphatic rings. The fraction of sp³-hybridized carbons (Fsp3) is 0.667. The second-order valence-electron chi connectivity index (χ2n) is 2.59. The van der Waals surface area contributed by atoms with Crippen molar-refractivity contribution in [3.63, 3.8) is 0 Å². The molecule has 0 aromatic rings. The minimum absolute atomic E-state index is 0.0309. The minimum atomic E-state index is -0.464. The van der Waals surface area contributed by atoms with Crippen molar-refractivity contribution in [2.24, 2.45) is 5.73 Å². The molecule has 1 aliphatic heterocycles. The van der Waals surface area contributed by atoms with Crippen molar-refractivity contribution in [2.75, 3.05) is 26.7 Å². The van der Waals surface area contributed by atoms with E-state index in [0.717, 1.165) is 0 Å². The number of nitrogens with zero attached hydrogens (tertiary/aromatic N) is 2. The third kappa shape index (κ3) is 1.60. The summed E-state index contributed by atoms with van der Waals surface area (Å²) in [5, 5.41) is 0. The van der Waals surface area contributed by atoms with Crippen LogP contribution in [-0.2, 0) is 4.79 Å². The van der Waals surface area contributed by atoms with E-state index in [0.29, 0.717) is 13.1 Å². The molecule has 0 aromatic heterocycles. The van der Waals surface area contributed by atoms with Gasteiger partial charge in [-0.25, -0.2) is 4.79 Å². The molecule has 0 unspecified atom stereocenters.